The van der Waals surface area contributed by atoms with E-state index in [0.29, 0.717) is 35.8 Å². The monoisotopic (exact) mass is 323 g/mol. The molecule has 2 heterocycles. The second-order valence-corrected chi connectivity index (χ2v) is 4.98. The maximum absolute atomic E-state index is 11.5. The highest BCUT2D eigenvalue weighted by Crippen LogP contribution is 2.49. The number of rotatable bonds is 5. The molecule has 0 saturated heterocycles. The highest BCUT2D eigenvalue weighted by Gasteiger charge is 2.31. The largest absolute Gasteiger partial charge is 0.493 e. The van der Waals surface area contributed by atoms with Crippen LogP contribution in [0.5, 0.6) is 23.0 Å². The first-order chi connectivity index (χ1) is 11.2. The highest BCUT2D eigenvalue weighted by molar-refractivity contribution is 6.38. The van der Waals surface area contributed by atoms with Crippen molar-refractivity contribution in [3.63, 3.8) is 0 Å². The molecule has 0 fully saturated rings. The van der Waals surface area contributed by atoms with Gasteiger partial charge in [-0.15, -0.1) is 0 Å². The van der Waals surface area contributed by atoms with Gasteiger partial charge in [0.25, 0.3) is 5.91 Å². The smallest absolute Gasteiger partial charge is 0.283 e. The number of hydrogen-bond donors (Lipinski definition) is 2. The van der Waals surface area contributed by atoms with Gasteiger partial charge in [-0.3, -0.25) is 10.2 Å². The van der Waals surface area contributed by atoms with Gasteiger partial charge in [0.15, 0.2) is 11.5 Å². The Balaban J connectivity index is 1.83. The van der Waals surface area contributed by atoms with Gasteiger partial charge in [-0.25, -0.2) is 5.84 Å². The molecular weight excluding hydrogens is 306 g/mol. The van der Waals surface area contributed by atoms with Gasteiger partial charge in [-0.2, -0.15) is 0 Å². The highest BCUT2D eigenvalue weighted by atomic mass is 16.7. The van der Waals surface area contributed by atoms with E-state index in [0.717, 1.165) is 5.56 Å². The van der Waals surface area contributed by atoms with Gasteiger partial charge in [0.1, 0.15) is 11.8 Å². The predicted molar refractivity (Wildman–Crippen MR) is 78.6 cm³/mol. The first-order valence-electron chi connectivity index (χ1n) is 6.95. The third-order valence-corrected chi connectivity index (χ3v) is 3.64. The minimum atomic E-state index is -0.456. The van der Waals surface area contributed by atoms with Gasteiger partial charge in [0.05, 0.1) is 14.2 Å². The van der Waals surface area contributed by atoms with Crippen molar-refractivity contribution >= 4 is 11.6 Å². The second kappa shape index (κ2) is 6.21. The Kier molecular flexibility index (Phi) is 4.11. The fourth-order valence-corrected chi connectivity index (χ4v) is 2.59. The number of nitrogens with zero attached hydrogens (tertiary/aromatic N) is 1. The molecular formula is C14H17N3O6. The number of nitrogens with one attached hydrogen (secondary N) is 1. The maximum atomic E-state index is 11.5. The molecule has 124 valence electrons. The van der Waals surface area contributed by atoms with Gasteiger partial charge in [-0.1, -0.05) is 5.16 Å². The number of carbonyl (C=O) groups is 1. The summed E-state index contributed by atoms with van der Waals surface area (Å²) in [5, 5.41) is 3.75. The lowest BCUT2D eigenvalue weighted by Gasteiger charge is -2.15. The predicted octanol–water partition coefficient (Wildman–Crippen LogP) is 0.110. The topological polar surface area (TPSA) is 114 Å². The second-order valence-electron chi connectivity index (χ2n) is 4.98. The third kappa shape index (κ3) is 2.70. The Morgan fingerprint density at radius 2 is 2.17 bits per heavy atom. The first-order valence-corrected chi connectivity index (χ1v) is 6.95. The molecule has 0 aromatic heterocycles. The summed E-state index contributed by atoms with van der Waals surface area (Å²) >= 11 is 0. The van der Waals surface area contributed by atoms with Crippen LogP contribution in [0, 0.1) is 0 Å². The number of amides is 1. The summed E-state index contributed by atoms with van der Waals surface area (Å²) in [4.78, 5) is 16.7. The van der Waals surface area contributed by atoms with E-state index >= 15 is 0 Å². The van der Waals surface area contributed by atoms with E-state index in [1.807, 2.05) is 5.43 Å². The number of carbonyl (C=O) groups excluding carboxylic acids is 1. The zero-order valence-corrected chi connectivity index (χ0v) is 12.8. The van der Waals surface area contributed by atoms with Crippen LogP contribution < -0.4 is 30.2 Å². The molecule has 2 aliphatic heterocycles. The minimum absolute atomic E-state index is 0.107. The van der Waals surface area contributed by atoms with Crippen LogP contribution >= 0.6 is 0 Å². The van der Waals surface area contributed by atoms with E-state index in [-0.39, 0.29) is 18.6 Å². The molecule has 0 radical (unpaired) electrons. The minimum Gasteiger partial charge on any atom is -0.493 e. The molecule has 0 bridgehead atoms. The Labute approximate surface area is 132 Å². The molecule has 1 aromatic carbocycles. The number of hydrogen-bond acceptors (Lipinski definition) is 8. The molecule has 0 saturated carbocycles. The molecule has 1 amide bonds. The molecule has 2 aliphatic rings. The molecule has 0 spiro atoms. The third-order valence-electron chi connectivity index (χ3n) is 3.64. The SMILES string of the molecule is COc1cc(C[C@H]2CC(C(=O)NN)=NO2)c(OC)c2c1OCO2. The average Bonchev–Trinajstić information content (AvgIpc) is 3.22. The van der Waals surface area contributed by atoms with E-state index < -0.39 is 5.91 Å². The number of ether oxygens (including phenoxy) is 4. The summed E-state index contributed by atoms with van der Waals surface area (Å²) in [6.45, 7) is 0.107. The molecule has 9 nitrogen and oxygen atoms in total. The summed E-state index contributed by atoms with van der Waals surface area (Å²) in [5.41, 5.74) is 3.10. The van der Waals surface area contributed by atoms with Crippen LogP contribution in [0.4, 0.5) is 0 Å². The molecule has 3 N–H and O–H groups in total. The van der Waals surface area contributed by atoms with Crippen molar-refractivity contribution in [2.45, 2.75) is 18.9 Å². The summed E-state index contributed by atoms with van der Waals surface area (Å²) in [7, 11) is 3.10. The molecule has 0 aliphatic carbocycles. The first kappa shape index (κ1) is 15.2. The summed E-state index contributed by atoms with van der Waals surface area (Å²) in [6, 6.07) is 1.80. The molecule has 3 rings (SSSR count). The van der Waals surface area contributed by atoms with Crippen molar-refractivity contribution in [2.24, 2.45) is 11.0 Å². The van der Waals surface area contributed by atoms with Crippen LogP contribution in [-0.2, 0) is 16.1 Å². The normalized spacial score (nSPS) is 18.2. The summed E-state index contributed by atoms with van der Waals surface area (Å²) in [5.74, 6) is 6.75. The van der Waals surface area contributed by atoms with E-state index in [2.05, 4.69) is 5.16 Å². The van der Waals surface area contributed by atoms with Gasteiger partial charge >= 0.3 is 0 Å². The Morgan fingerprint density at radius 1 is 1.39 bits per heavy atom. The zero-order chi connectivity index (χ0) is 16.4. The van der Waals surface area contributed by atoms with Crippen molar-refractivity contribution in [1.82, 2.24) is 5.43 Å². The van der Waals surface area contributed by atoms with Crippen molar-refractivity contribution < 1.29 is 28.6 Å². The Bertz CT molecular complexity index is 660. The molecule has 1 atom stereocenters. The van der Waals surface area contributed by atoms with Gasteiger partial charge < -0.3 is 23.8 Å². The van der Waals surface area contributed by atoms with Crippen LogP contribution in [0.1, 0.15) is 12.0 Å². The van der Waals surface area contributed by atoms with Crippen molar-refractivity contribution in [3.8, 4) is 23.0 Å². The Hall–Kier alpha value is -2.68. The van der Waals surface area contributed by atoms with Crippen LogP contribution in [-0.4, -0.2) is 38.7 Å². The van der Waals surface area contributed by atoms with E-state index in [9.17, 15) is 4.79 Å². The number of fused-ring (bicyclic) bond motifs is 1. The molecule has 1 aromatic rings. The quantitative estimate of drug-likeness (QED) is 0.449. The fourth-order valence-electron chi connectivity index (χ4n) is 2.59. The van der Waals surface area contributed by atoms with Gasteiger partial charge in [-0.05, 0) is 6.07 Å². The lowest BCUT2D eigenvalue weighted by Crippen LogP contribution is -2.36. The number of benzene rings is 1. The van der Waals surface area contributed by atoms with E-state index in [4.69, 9.17) is 29.6 Å². The maximum Gasteiger partial charge on any atom is 0.283 e. The summed E-state index contributed by atoms with van der Waals surface area (Å²) < 4.78 is 21.6. The Morgan fingerprint density at radius 3 is 2.87 bits per heavy atom. The van der Waals surface area contributed by atoms with Gasteiger partial charge in [0.2, 0.25) is 18.3 Å². The van der Waals surface area contributed by atoms with Crippen molar-refractivity contribution in [1.29, 1.82) is 0 Å². The number of hydrazine groups is 1. The lowest BCUT2D eigenvalue weighted by atomic mass is 10.0. The molecule has 23 heavy (non-hydrogen) atoms. The van der Waals surface area contributed by atoms with Crippen molar-refractivity contribution in [2.75, 3.05) is 21.0 Å². The summed E-state index contributed by atoms with van der Waals surface area (Å²) in [6.07, 6.45) is 0.505. The standard InChI is InChI=1S/C14H17N3O6/c1-19-10-4-7(11(20-2)13-12(10)21-6-22-13)3-8-5-9(17-23-8)14(18)16-15/h4,8H,3,5-6,15H2,1-2H3,(H,16,18)/t8-/m0/s1. The molecule has 0 unspecified atom stereocenters. The number of methoxy groups -OCH3 is 2. The van der Waals surface area contributed by atoms with Crippen LogP contribution in [0.3, 0.4) is 0 Å². The van der Waals surface area contributed by atoms with Crippen LogP contribution in [0.25, 0.3) is 0 Å². The average molecular weight is 323 g/mol. The van der Waals surface area contributed by atoms with E-state index in [1.165, 1.54) is 0 Å². The number of nitrogens with two attached hydrogens (primary N) is 1. The zero-order valence-electron chi connectivity index (χ0n) is 12.8. The lowest BCUT2D eigenvalue weighted by molar-refractivity contribution is -0.115. The molecule has 9 heteroatoms. The fraction of sp³-hybridized carbons (Fsp3) is 0.429. The number of oxime groups is 1. The van der Waals surface area contributed by atoms with Crippen LogP contribution in [0.2, 0.25) is 0 Å². The van der Waals surface area contributed by atoms with Crippen LogP contribution in [0.15, 0.2) is 11.2 Å². The van der Waals surface area contributed by atoms with E-state index in [1.54, 1.807) is 20.3 Å². The van der Waals surface area contributed by atoms with Gasteiger partial charge in [0, 0.05) is 18.4 Å². The van der Waals surface area contributed by atoms with Crippen molar-refractivity contribution in [3.05, 3.63) is 11.6 Å².